The zero-order valence-corrected chi connectivity index (χ0v) is 11.0. The molecule has 0 radical (unpaired) electrons. The van der Waals surface area contributed by atoms with Crippen LogP contribution in [0.3, 0.4) is 0 Å². The van der Waals surface area contributed by atoms with Gasteiger partial charge in [-0.15, -0.1) is 11.3 Å². The van der Waals surface area contributed by atoms with Gasteiger partial charge in [0.25, 0.3) is 0 Å². The summed E-state index contributed by atoms with van der Waals surface area (Å²) in [4.78, 5) is 2.74. The van der Waals surface area contributed by atoms with Crippen LogP contribution in [0, 0.1) is 0 Å². The fourth-order valence-electron chi connectivity index (χ4n) is 1.89. The molecule has 1 aromatic heterocycles. The quantitative estimate of drug-likeness (QED) is 0.848. The van der Waals surface area contributed by atoms with Gasteiger partial charge in [-0.2, -0.15) is 0 Å². The van der Waals surface area contributed by atoms with Crippen LogP contribution >= 0.6 is 11.3 Å². The van der Waals surface area contributed by atoms with Crippen molar-refractivity contribution < 1.29 is 0 Å². The molecule has 2 N–H and O–H groups in total. The molecule has 1 atom stereocenters. The number of rotatable bonds is 5. The summed E-state index contributed by atoms with van der Waals surface area (Å²) in [7, 11) is 0. The first-order chi connectivity index (χ1) is 8.29. The molecule has 1 aromatic carbocycles. The zero-order chi connectivity index (χ0) is 12.1. The van der Waals surface area contributed by atoms with Crippen molar-refractivity contribution in [1.29, 1.82) is 0 Å². The Morgan fingerprint density at radius 2 is 1.88 bits per heavy atom. The molecule has 2 heteroatoms. The molecule has 0 amide bonds. The number of nitrogens with two attached hydrogens (primary N) is 1. The molecule has 0 aliphatic rings. The Balaban J connectivity index is 1.91. The molecule has 1 heterocycles. The second-order valence-corrected chi connectivity index (χ2v) is 5.49. The van der Waals surface area contributed by atoms with Crippen molar-refractivity contribution in [2.24, 2.45) is 5.73 Å². The molecule has 0 fully saturated rings. The topological polar surface area (TPSA) is 26.0 Å². The lowest BCUT2D eigenvalue weighted by molar-refractivity contribution is 0.662. The smallest absolute Gasteiger partial charge is 0.0393 e. The molecule has 1 unspecified atom stereocenters. The summed E-state index contributed by atoms with van der Waals surface area (Å²) in [5.74, 6) is 0. The molecular weight excluding hydrogens is 226 g/mol. The lowest BCUT2D eigenvalue weighted by atomic mass is 10.1. The van der Waals surface area contributed by atoms with Crippen LogP contribution in [0.2, 0.25) is 0 Å². The lowest BCUT2D eigenvalue weighted by Gasteiger charge is -2.09. The van der Waals surface area contributed by atoms with E-state index in [-0.39, 0.29) is 6.04 Å². The Morgan fingerprint density at radius 3 is 2.53 bits per heavy atom. The van der Waals surface area contributed by atoms with Crippen LogP contribution in [0.1, 0.15) is 34.7 Å². The van der Waals surface area contributed by atoms with Crippen LogP contribution in [0.25, 0.3) is 0 Å². The van der Waals surface area contributed by atoms with E-state index in [1.165, 1.54) is 15.3 Å². The highest BCUT2D eigenvalue weighted by molar-refractivity contribution is 7.12. The summed E-state index contributed by atoms with van der Waals surface area (Å²) in [6.07, 6.45) is 3.19. The first-order valence-electron chi connectivity index (χ1n) is 6.17. The van der Waals surface area contributed by atoms with Crippen LogP contribution in [-0.4, -0.2) is 0 Å². The summed E-state index contributed by atoms with van der Waals surface area (Å²) in [6, 6.07) is 15.1. The SMILES string of the molecule is CCc1ccc(C(N)CCc2ccccc2)s1. The normalized spacial score (nSPS) is 12.6. The van der Waals surface area contributed by atoms with Crippen molar-refractivity contribution in [3.05, 3.63) is 57.8 Å². The van der Waals surface area contributed by atoms with Gasteiger partial charge in [0.15, 0.2) is 0 Å². The minimum atomic E-state index is 0.181. The van der Waals surface area contributed by atoms with Gasteiger partial charge in [-0.1, -0.05) is 37.3 Å². The predicted octanol–water partition coefficient (Wildman–Crippen LogP) is 3.94. The van der Waals surface area contributed by atoms with Crippen LogP contribution in [0.4, 0.5) is 0 Å². The summed E-state index contributed by atoms with van der Waals surface area (Å²) in [5, 5.41) is 0. The molecule has 0 saturated carbocycles. The van der Waals surface area contributed by atoms with E-state index in [4.69, 9.17) is 5.73 Å². The molecule has 2 aromatic rings. The van der Waals surface area contributed by atoms with Gasteiger partial charge in [0.05, 0.1) is 0 Å². The Hall–Kier alpha value is -1.12. The van der Waals surface area contributed by atoms with E-state index in [1.807, 2.05) is 11.3 Å². The molecule has 0 bridgehead atoms. The fourth-order valence-corrected chi connectivity index (χ4v) is 2.88. The molecule has 0 saturated heterocycles. The third-order valence-corrected chi connectivity index (χ3v) is 4.34. The Labute approximate surface area is 107 Å². The summed E-state index contributed by atoms with van der Waals surface area (Å²) in [6.45, 7) is 2.19. The fraction of sp³-hybridized carbons (Fsp3) is 0.333. The van der Waals surface area contributed by atoms with E-state index in [9.17, 15) is 0 Å². The van der Waals surface area contributed by atoms with E-state index in [0.29, 0.717) is 0 Å². The molecule has 0 aliphatic carbocycles. The molecular formula is C15H19NS. The van der Waals surface area contributed by atoms with E-state index in [1.54, 1.807) is 0 Å². The van der Waals surface area contributed by atoms with Crippen LogP contribution in [0.15, 0.2) is 42.5 Å². The van der Waals surface area contributed by atoms with E-state index in [0.717, 1.165) is 19.3 Å². The zero-order valence-electron chi connectivity index (χ0n) is 10.2. The maximum absolute atomic E-state index is 6.22. The van der Waals surface area contributed by atoms with E-state index < -0.39 is 0 Å². The van der Waals surface area contributed by atoms with Crippen molar-refractivity contribution in [3.8, 4) is 0 Å². The number of benzene rings is 1. The molecule has 0 spiro atoms. The molecule has 2 rings (SSSR count). The van der Waals surface area contributed by atoms with Crippen LogP contribution in [0.5, 0.6) is 0 Å². The van der Waals surface area contributed by atoms with Gasteiger partial charge in [-0.05, 0) is 37.0 Å². The van der Waals surface area contributed by atoms with Crippen molar-refractivity contribution in [1.82, 2.24) is 0 Å². The summed E-state index contributed by atoms with van der Waals surface area (Å²) < 4.78 is 0. The minimum absolute atomic E-state index is 0.181. The van der Waals surface area contributed by atoms with Gasteiger partial charge in [0.1, 0.15) is 0 Å². The predicted molar refractivity (Wildman–Crippen MR) is 75.4 cm³/mol. The Bertz CT molecular complexity index is 447. The van der Waals surface area contributed by atoms with Crippen LogP contribution < -0.4 is 5.73 Å². The van der Waals surface area contributed by atoms with Crippen molar-refractivity contribution in [3.63, 3.8) is 0 Å². The molecule has 1 nitrogen and oxygen atoms in total. The van der Waals surface area contributed by atoms with Gasteiger partial charge >= 0.3 is 0 Å². The van der Waals surface area contributed by atoms with Gasteiger partial charge in [0, 0.05) is 15.8 Å². The van der Waals surface area contributed by atoms with Crippen LogP contribution in [-0.2, 0) is 12.8 Å². The second-order valence-electron chi connectivity index (χ2n) is 4.29. The van der Waals surface area contributed by atoms with Crippen molar-refractivity contribution in [2.75, 3.05) is 0 Å². The number of aryl methyl sites for hydroxylation is 2. The first-order valence-corrected chi connectivity index (χ1v) is 6.99. The Morgan fingerprint density at radius 1 is 1.12 bits per heavy atom. The highest BCUT2D eigenvalue weighted by Gasteiger charge is 2.08. The largest absolute Gasteiger partial charge is 0.323 e. The minimum Gasteiger partial charge on any atom is -0.323 e. The third-order valence-electron chi connectivity index (χ3n) is 2.98. The summed E-state index contributed by atoms with van der Waals surface area (Å²) in [5.41, 5.74) is 7.59. The van der Waals surface area contributed by atoms with Crippen molar-refractivity contribution >= 4 is 11.3 Å². The molecule has 17 heavy (non-hydrogen) atoms. The molecule has 0 aliphatic heterocycles. The first kappa shape index (κ1) is 12.3. The Kier molecular flexibility index (Phi) is 4.35. The van der Waals surface area contributed by atoms with E-state index >= 15 is 0 Å². The number of thiophene rings is 1. The van der Waals surface area contributed by atoms with Gasteiger partial charge in [0.2, 0.25) is 0 Å². The number of hydrogen-bond donors (Lipinski definition) is 1. The van der Waals surface area contributed by atoms with Gasteiger partial charge in [-0.3, -0.25) is 0 Å². The van der Waals surface area contributed by atoms with E-state index in [2.05, 4.69) is 49.4 Å². The van der Waals surface area contributed by atoms with Gasteiger partial charge < -0.3 is 5.73 Å². The van der Waals surface area contributed by atoms with Gasteiger partial charge in [-0.25, -0.2) is 0 Å². The third kappa shape index (κ3) is 3.42. The van der Waals surface area contributed by atoms with Crippen molar-refractivity contribution in [2.45, 2.75) is 32.2 Å². The number of hydrogen-bond acceptors (Lipinski definition) is 2. The highest BCUT2D eigenvalue weighted by atomic mass is 32.1. The highest BCUT2D eigenvalue weighted by Crippen LogP contribution is 2.25. The average molecular weight is 245 g/mol. The maximum atomic E-state index is 6.22. The average Bonchev–Trinajstić information content (AvgIpc) is 2.86. The standard InChI is InChI=1S/C15H19NS/c1-2-13-9-11-15(17-13)14(16)10-8-12-6-4-3-5-7-12/h3-7,9,11,14H,2,8,10,16H2,1H3. The monoisotopic (exact) mass is 245 g/mol. The summed E-state index contributed by atoms with van der Waals surface area (Å²) >= 11 is 1.85. The maximum Gasteiger partial charge on any atom is 0.0393 e. The molecule has 90 valence electrons. The second kappa shape index (κ2) is 5.99. The lowest BCUT2D eigenvalue weighted by Crippen LogP contribution is -2.09.